The first-order valence-electron chi connectivity index (χ1n) is 33.6. The summed E-state index contributed by atoms with van der Waals surface area (Å²) in [5.74, 6) is 3.55. The molecule has 2 aliphatic carbocycles. The Balaban J connectivity index is 0.650. The van der Waals surface area contributed by atoms with Gasteiger partial charge in [-0.25, -0.2) is 9.97 Å². The Labute approximate surface area is 567 Å². The summed E-state index contributed by atoms with van der Waals surface area (Å²) < 4.78 is 4.48. The lowest BCUT2D eigenvalue weighted by molar-refractivity contribution is 0.660. The highest BCUT2D eigenvalue weighted by Crippen LogP contribution is 2.53. The van der Waals surface area contributed by atoms with E-state index in [-0.39, 0.29) is 10.8 Å². The number of aromatic nitrogens is 8. The van der Waals surface area contributed by atoms with E-state index in [1.165, 1.54) is 49.9 Å². The number of hydrogen-bond donors (Lipinski definition) is 0. The van der Waals surface area contributed by atoms with Crippen LogP contribution in [0.25, 0.3) is 168 Å². The Bertz CT molecular complexity index is 6080. The molecule has 4 aromatic heterocycles. The standard InChI is InChI=1S/C90H62N8/c1-89(2)75-33-15-11-29-67(75)71-51-73-69-31-13-17-35-79(69)97(81(73)53-77(71)89)87-93-83(59-23-9-6-10-24-59)91-84(94-87)61-45-39-57(40-46-61)63-25-19-27-65(49-63)66-28-20-26-64(50-66)58-41-47-62(48-42-58)86-92-85(60-43-37-56(38-44-60)55-21-7-5-8-22-55)95-88(96-86)98-80-36-18-14-32-70(80)74-52-72-68-30-12-16-34-76(68)90(3,4)78(72)54-82(74)98/h5-54H,1-4H3. The molecule has 8 nitrogen and oxygen atoms in total. The molecule has 462 valence electrons. The van der Waals surface area contributed by atoms with Crippen LogP contribution in [0.15, 0.2) is 303 Å². The lowest BCUT2D eigenvalue weighted by Gasteiger charge is -2.21. The van der Waals surface area contributed by atoms with Gasteiger partial charge in [0, 0.05) is 54.6 Å². The van der Waals surface area contributed by atoms with E-state index in [0.29, 0.717) is 35.2 Å². The number of nitrogens with zero attached hydrogens (tertiary/aromatic N) is 8. The molecule has 0 bridgehead atoms. The zero-order valence-electron chi connectivity index (χ0n) is 54.4. The van der Waals surface area contributed by atoms with Crippen LogP contribution in [0.1, 0.15) is 49.9 Å². The van der Waals surface area contributed by atoms with Crippen LogP contribution >= 0.6 is 0 Å². The monoisotopic (exact) mass is 1250 g/mol. The molecular weight excluding hydrogens is 1190 g/mol. The smallest absolute Gasteiger partial charge is 0.238 e. The average molecular weight is 1260 g/mol. The van der Waals surface area contributed by atoms with Crippen LogP contribution in [-0.2, 0) is 10.8 Å². The normalized spacial score (nSPS) is 13.3. The molecule has 98 heavy (non-hydrogen) atoms. The predicted molar refractivity (Wildman–Crippen MR) is 401 cm³/mol. The molecule has 19 rings (SSSR count). The van der Waals surface area contributed by atoms with Crippen LogP contribution in [0.5, 0.6) is 0 Å². The molecule has 0 unspecified atom stereocenters. The maximum absolute atomic E-state index is 5.41. The Hall–Kier alpha value is -12.5. The lowest BCUT2D eigenvalue weighted by Crippen LogP contribution is -2.15. The van der Waals surface area contributed by atoms with Gasteiger partial charge in [0.1, 0.15) is 0 Å². The Morgan fingerprint density at radius 2 is 0.500 bits per heavy atom. The van der Waals surface area contributed by atoms with Gasteiger partial charge in [0.15, 0.2) is 23.3 Å². The van der Waals surface area contributed by atoms with Crippen LogP contribution in [0.2, 0.25) is 0 Å². The van der Waals surface area contributed by atoms with Gasteiger partial charge in [-0.15, -0.1) is 0 Å². The molecule has 0 spiro atoms. The summed E-state index contributed by atoms with van der Waals surface area (Å²) in [7, 11) is 0. The second kappa shape index (κ2) is 22.0. The molecule has 13 aromatic carbocycles. The molecule has 0 saturated heterocycles. The average Bonchev–Trinajstić information content (AvgIpc) is 1.56. The first-order chi connectivity index (χ1) is 48.1. The zero-order valence-corrected chi connectivity index (χ0v) is 54.4. The molecular formula is C90H62N8. The van der Waals surface area contributed by atoms with E-state index >= 15 is 0 Å². The minimum Gasteiger partial charge on any atom is -0.278 e. The van der Waals surface area contributed by atoms with Gasteiger partial charge in [-0.3, -0.25) is 9.13 Å². The van der Waals surface area contributed by atoms with E-state index in [0.717, 1.165) is 105 Å². The summed E-state index contributed by atoms with van der Waals surface area (Å²) in [6.07, 6.45) is 0. The first-order valence-corrected chi connectivity index (χ1v) is 33.6. The van der Waals surface area contributed by atoms with Crippen molar-refractivity contribution in [1.29, 1.82) is 0 Å². The number of para-hydroxylation sites is 2. The van der Waals surface area contributed by atoms with Gasteiger partial charge in [0.2, 0.25) is 11.9 Å². The topological polar surface area (TPSA) is 87.2 Å². The second-order valence-corrected chi connectivity index (χ2v) is 27.1. The Kier molecular flexibility index (Phi) is 12.8. The molecule has 0 saturated carbocycles. The van der Waals surface area contributed by atoms with Crippen molar-refractivity contribution in [3.05, 3.63) is 326 Å². The Morgan fingerprint density at radius 1 is 0.204 bits per heavy atom. The summed E-state index contributed by atoms with van der Waals surface area (Å²) in [5.41, 5.74) is 26.8. The maximum Gasteiger partial charge on any atom is 0.238 e. The summed E-state index contributed by atoms with van der Waals surface area (Å²) in [5, 5.41) is 4.63. The number of hydrogen-bond acceptors (Lipinski definition) is 6. The van der Waals surface area contributed by atoms with Crippen molar-refractivity contribution in [1.82, 2.24) is 39.0 Å². The third-order valence-electron chi connectivity index (χ3n) is 20.7. The van der Waals surface area contributed by atoms with Gasteiger partial charge < -0.3 is 0 Å². The summed E-state index contributed by atoms with van der Waals surface area (Å²) >= 11 is 0. The van der Waals surface area contributed by atoms with Crippen LogP contribution in [0.4, 0.5) is 0 Å². The first kappa shape index (κ1) is 57.0. The summed E-state index contributed by atoms with van der Waals surface area (Å²) in [6.45, 7) is 9.33. The molecule has 4 heterocycles. The van der Waals surface area contributed by atoms with Gasteiger partial charge in [0.25, 0.3) is 0 Å². The minimum absolute atomic E-state index is 0.179. The largest absolute Gasteiger partial charge is 0.278 e. The summed E-state index contributed by atoms with van der Waals surface area (Å²) in [6, 6.07) is 109. The predicted octanol–water partition coefficient (Wildman–Crippen LogP) is 22.2. The quantitative estimate of drug-likeness (QED) is 0.136. The summed E-state index contributed by atoms with van der Waals surface area (Å²) in [4.78, 5) is 31.9. The molecule has 8 heteroatoms. The highest BCUT2D eigenvalue weighted by atomic mass is 15.2. The van der Waals surface area contributed by atoms with E-state index in [1.54, 1.807) is 0 Å². The van der Waals surface area contributed by atoms with Crippen molar-refractivity contribution in [2.75, 3.05) is 0 Å². The highest BCUT2D eigenvalue weighted by Gasteiger charge is 2.38. The van der Waals surface area contributed by atoms with E-state index < -0.39 is 0 Å². The second-order valence-electron chi connectivity index (χ2n) is 27.1. The maximum atomic E-state index is 5.41. The molecule has 0 radical (unpaired) electrons. The van der Waals surface area contributed by atoms with Crippen molar-refractivity contribution in [3.8, 4) is 124 Å². The van der Waals surface area contributed by atoms with Gasteiger partial charge in [-0.05, 0) is 138 Å². The third kappa shape index (κ3) is 9.12. The third-order valence-corrected chi connectivity index (χ3v) is 20.7. The van der Waals surface area contributed by atoms with E-state index in [4.69, 9.17) is 29.9 Å². The molecule has 0 amide bonds. The van der Waals surface area contributed by atoms with Crippen molar-refractivity contribution < 1.29 is 0 Å². The van der Waals surface area contributed by atoms with E-state index in [2.05, 4.69) is 316 Å². The molecule has 0 aliphatic heterocycles. The molecule has 0 atom stereocenters. The number of benzene rings is 13. The van der Waals surface area contributed by atoms with Crippen LogP contribution < -0.4 is 0 Å². The van der Waals surface area contributed by atoms with Crippen molar-refractivity contribution >= 4 is 43.6 Å². The fourth-order valence-corrected chi connectivity index (χ4v) is 15.6. The Morgan fingerprint density at radius 3 is 0.908 bits per heavy atom. The SMILES string of the molecule is CC1(C)c2ccccc2-c2cc3c4ccccc4n(-c4nc(-c5ccccc5)nc(-c5ccc(-c6cccc(-c7cccc(-c8ccc(-c9nc(-c%10ccc(-c%11ccccc%11)cc%10)nc(-n%10c%11ccccc%11c%11cc%12c(cc%11%10)C(C)(C)c%10ccccc%10-%12)n9)cc8)c7)c6)cc5)n4)c3cc21. The van der Waals surface area contributed by atoms with Crippen molar-refractivity contribution in [2.24, 2.45) is 0 Å². The van der Waals surface area contributed by atoms with Crippen molar-refractivity contribution in [3.63, 3.8) is 0 Å². The van der Waals surface area contributed by atoms with Gasteiger partial charge in [-0.2, -0.15) is 19.9 Å². The van der Waals surface area contributed by atoms with Crippen LogP contribution in [-0.4, -0.2) is 39.0 Å². The van der Waals surface area contributed by atoms with E-state index in [1.807, 2.05) is 24.3 Å². The molecule has 0 fully saturated rings. The number of fused-ring (bicyclic) bond motifs is 12. The molecule has 2 aliphatic rings. The molecule has 0 N–H and O–H groups in total. The fourth-order valence-electron chi connectivity index (χ4n) is 15.6. The zero-order chi connectivity index (χ0) is 65.4. The fraction of sp³-hybridized carbons (Fsp3) is 0.0667. The van der Waals surface area contributed by atoms with Gasteiger partial charge >= 0.3 is 0 Å². The lowest BCUT2D eigenvalue weighted by atomic mass is 9.82. The van der Waals surface area contributed by atoms with Gasteiger partial charge in [0.05, 0.1) is 22.1 Å². The van der Waals surface area contributed by atoms with E-state index in [9.17, 15) is 0 Å². The van der Waals surface area contributed by atoms with Crippen molar-refractivity contribution in [2.45, 2.75) is 38.5 Å². The molecule has 17 aromatic rings. The van der Waals surface area contributed by atoms with Crippen LogP contribution in [0, 0.1) is 0 Å². The number of rotatable bonds is 10. The highest BCUT2D eigenvalue weighted by molar-refractivity contribution is 6.13. The van der Waals surface area contributed by atoms with Crippen LogP contribution in [0.3, 0.4) is 0 Å². The van der Waals surface area contributed by atoms with Gasteiger partial charge in [-0.1, -0.05) is 282 Å². The minimum atomic E-state index is -0.192.